The Morgan fingerprint density at radius 3 is 2.40 bits per heavy atom. The molecule has 1 aliphatic heterocycles. The van der Waals surface area contributed by atoms with Crippen molar-refractivity contribution in [3.8, 4) is 0 Å². The highest BCUT2D eigenvalue weighted by molar-refractivity contribution is 6.53. The molecule has 0 atom stereocenters. The molecule has 0 fully saturated rings. The van der Waals surface area contributed by atoms with Crippen molar-refractivity contribution in [1.29, 1.82) is 0 Å². The van der Waals surface area contributed by atoms with Crippen molar-refractivity contribution < 1.29 is 32.3 Å². The summed E-state index contributed by atoms with van der Waals surface area (Å²) < 4.78 is 43.7. The second kappa shape index (κ2) is 8.00. The third-order valence-electron chi connectivity index (χ3n) is 4.09. The van der Waals surface area contributed by atoms with Crippen LogP contribution in [0, 0.1) is 0 Å². The monoisotopic (exact) mass is 458 g/mol. The van der Waals surface area contributed by atoms with E-state index in [1.165, 1.54) is 31.4 Å². The second-order valence-electron chi connectivity index (χ2n) is 6.00. The van der Waals surface area contributed by atoms with Gasteiger partial charge in [0.2, 0.25) is 0 Å². The van der Waals surface area contributed by atoms with Crippen molar-refractivity contribution in [1.82, 2.24) is 0 Å². The quantitative estimate of drug-likeness (QED) is 0.535. The van der Waals surface area contributed by atoms with Gasteiger partial charge in [0.15, 0.2) is 0 Å². The summed E-state index contributed by atoms with van der Waals surface area (Å²) >= 11 is 11.9. The lowest BCUT2D eigenvalue weighted by atomic mass is 10.1. The molecule has 1 N–H and O–H groups in total. The topological polar surface area (TPSA) is 75.7 Å². The normalized spacial score (nSPS) is 14.4. The minimum absolute atomic E-state index is 0.161. The number of carbonyl (C=O) groups excluding carboxylic acids is 3. The molecule has 2 aromatic rings. The number of benzene rings is 2. The fourth-order valence-corrected chi connectivity index (χ4v) is 3.09. The molecule has 2 amide bonds. The van der Waals surface area contributed by atoms with Gasteiger partial charge in [-0.1, -0.05) is 29.3 Å². The molecule has 2 aromatic carbocycles. The molecule has 0 radical (unpaired) electrons. The summed E-state index contributed by atoms with van der Waals surface area (Å²) in [7, 11) is 1.19. The molecule has 0 saturated carbocycles. The molecular formula is C19H11Cl2F3N2O4. The zero-order valence-corrected chi connectivity index (χ0v) is 16.5. The van der Waals surface area contributed by atoms with E-state index in [1.807, 2.05) is 0 Å². The zero-order valence-electron chi connectivity index (χ0n) is 15.0. The highest BCUT2D eigenvalue weighted by Crippen LogP contribution is 2.38. The minimum Gasteiger partial charge on any atom is -0.465 e. The maximum Gasteiger partial charge on any atom is 0.416 e. The lowest BCUT2D eigenvalue weighted by Gasteiger charge is -2.18. The first-order valence-electron chi connectivity index (χ1n) is 8.15. The fraction of sp³-hybridized carbons (Fsp3) is 0.105. The van der Waals surface area contributed by atoms with Gasteiger partial charge in [-0.2, -0.15) is 13.2 Å². The lowest BCUT2D eigenvalue weighted by Crippen LogP contribution is -2.32. The van der Waals surface area contributed by atoms with Gasteiger partial charge < -0.3 is 10.1 Å². The molecule has 0 unspecified atom stereocenters. The highest BCUT2D eigenvalue weighted by Gasteiger charge is 2.41. The summed E-state index contributed by atoms with van der Waals surface area (Å²) in [6.07, 6.45) is -4.71. The average molecular weight is 459 g/mol. The van der Waals surface area contributed by atoms with Gasteiger partial charge in [-0.3, -0.25) is 9.59 Å². The van der Waals surface area contributed by atoms with Crippen LogP contribution in [0.1, 0.15) is 15.9 Å². The van der Waals surface area contributed by atoms with Crippen molar-refractivity contribution in [3.05, 3.63) is 69.3 Å². The van der Waals surface area contributed by atoms with Crippen LogP contribution < -0.4 is 10.2 Å². The summed E-state index contributed by atoms with van der Waals surface area (Å²) in [6.45, 7) is 0. The van der Waals surface area contributed by atoms with Crippen LogP contribution in [0.3, 0.4) is 0 Å². The second-order valence-corrected chi connectivity index (χ2v) is 6.78. The maximum atomic E-state index is 13.0. The van der Waals surface area contributed by atoms with Crippen LogP contribution in [0.2, 0.25) is 5.02 Å². The highest BCUT2D eigenvalue weighted by atomic mass is 35.5. The zero-order chi connectivity index (χ0) is 22.2. The number of anilines is 2. The van der Waals surface area contributed by atoms with Crippen molar-refractivity contribution in [2.75, 3.05) is 17.3 Å². The number of hydrogen-bond acceptors (Lipinski definition) is 5. The number of amides is 2. The van der Waals surface area contributed by atoms with E-state index in [0.29, 0.717) is 11.0 Å². The molecule has 0 spiro atoms. The van der Waals surface area contributed by atoms with Crippen molar-refractivity contribution in [3.63, 3.8) is 0 Å². The number of ether oxygens (including phenoxy) is 1. The third-order valence-corrected chi connectivity index (χ3v) is 4.76. The Morgan fingerprint density at radius 2 is 1.77 bits per heavy atom. The molecule has 0 saturated heterocycles. The van der Waals surface area contributed by atoms with E-state index in [4.69, 9.17) is 23.2 Å². The number of carbonyl (C=O) groups is 3. The van der Waals surface area contributed by atoms with E-state index in [9.17, 15) is 27.6 Å². The van der Waals surface area contributed by atoms with Crippen molar-refractivity contribution in [2.24, 2.45) is 0 Å². The summed E-state index contributed by atoms with van der Waals surface area (Å²) in [5.74, 6) is -2.69. The Labute approximate surface area is 177 Å². The van der Waals surface area contributed by atoms with Crippen LogP contribution in [0.15, 0.2) is 53.2 Å². The van der Waals surface area contributed by atoms with E-state index in [0.717, 1.165) is 12.1 Å². The van der Waals surface area contributed by atoms with Crippen LogP contribution >= 0.6 is 23.2 Å². The van der Waals surface area contributed by atoms with E-state index in [1.54, 1.807) is 0 Å². The van der Waals surface area contributed by atoms with Crippen molar-refractivity contribution >= 4 is 52.4 Å². The maximum absolute atomic E-state index is 13.0. The smallest absolute Gasteiger partial charge is 0.416 e. The number of nitrogens with one attached hydrogen (secondary N) is 1. The van der Waals surface area contributed by atoms with Gasteiger partial charge in [-0.25, -0.2) is 9.69 Å². The number of methoxy groups -OCH3 is 1. The number of rotatable bonds is 4. The first-order chi connectivity index (χ1) is 14.0. The van der Waals surface area contributed by atoms with E-state index >= 15 is 0 Å². The van der Waals surface area contributed by atoms with E-state index in [2.05, 4.69) is 10.1 Å². The van der Waals surface area contributed by atoms with Gasteiger partial charge >= 0.3 is 12.1 Å². The van der Waals surface area contributed by atoms with Gasteiger partial charge in [0.25, 0.3) is 11.8 Å². The summed E-state index contributed by atoms with van der Waals surface area (Å²) in [4.78, 5) is 37.4. The van der Waals surface area contributed by atoms with E-state index < -0.39 is 40.2 Å². The van der Waals surface area contributed by atoms with Gasteiger partial charge in [0, 0.05) is 5.69 Å². The Morgan fingerprint density at radius 1 is 1.07 bits per heavy atom. The Bertz CT molecular complexity index is 1100. The molecule has 30 heavy (non-hydrogen) atoms. The predicted molar refractivity (Wildman–Crippen MR) is 103 cm³/mol. The Hall–Kier alpha value is -3.04. The Balaban J connectivity index is 1.96. The van der Waals surface area contributed by atoms with Gasteiger partial charge in [0.1, 0.15) is 10.7 Å². The largest absolute Gasteiger partial charge is 0.465 e. The predicted octanol–water partition coefficient (Wildman–Crippen LogP) is 4.58. The summed E-state index contributed by atoms with van der Waals surface area (Å²) in [5, 5.41) is 1.83. The molecular weight excluding hydrogens is 448 g/mol. The van der Waals surface area contributed by atoms with Gasteiger partial charge in [-0.15, -0.1) is 0 Å². The van der Waals surface area contributed by atoms with Crippen molar-refractivity contribution in [2.45, 2.75) is 6.18 Å². The molecule has 6 nitrogen and oxygen atoms in total. The number of esters is 1. The van der Waals surface area contributed by atoms with Crippen LogP contribution in [0.25, 0.3) is 0 Å². The molecule has 0 bridgehead atoms. The molecule has 1 aliphatic rings. The van der Waals surface area contributed by atoms with Crippen LogP contribution in [0.4, 0.5) is 24.5 Å². The molecule has 1 heterocycles. The lowest BCUT2D eigenvalue weighted by molar-refractivity contribution is -0.137. The number of halogens is 5. The van der Waals surface area contributed by atoms with Gasteiger partial charge in [-0.05, 0) is 36.4 Å². The summed E-state index contributed by atoms with van der Waals surface area (Å²) in [6, 6.07) is 8.03. The van der Waals surface area contributed by atoms with E-state index in [-0.39, 0.29) is 22.0 Å². The molecule has 3 rings (SSSR count). The van der Waals surface area contributed by atoms with Crippen LogP contribution in [-0.4, -0.2) is 24.9 Å². The van der Waals surface area contributed by atoms with Crippen LogP contribution in [-0.2, 0) is 20.5 Å². The standard InChI is InChI=1S/C19H11Cl2F3N2O4/c1-30-18(29)9-3-2-4-11(7-9)25-15-14(21)16(27)26(17(15)28)13-8-10(19(22,23)24)5-6-12(13)20/h2-8,25H,1H3. The van der Waals surface area contributed by atoms with Crippen LogP contribution in [0.5, 0.6) is 0 Å². The molecule has 0 aliphatic carbocycles. The molecule has 11 heteroatoms. The third kappa shape index (κ3) is 3.99. The fourth-order valence-electron chi connectivity index (χ4n) is 2.68. The minimum atomic E-state index is -4.71. The first kappa shape index (κ1) is 21.7. The number of alkyl halides is 3. The molecule has 156 valence electrons. The molecule has 0 aromatic heterocycles. The number of hydrogen-bond donors (Lipinski definition) is 1. The summed E-state index contributed by atoms with van der Waals surface area (Å²) in [5.41, 5.74) is -1.54. The number of nitrogens with zero attached hydrogens (tertiary/aromatic N) is 1. The van der Waals surface area contributed by atoms with Gasteiger partial charge in [0.05, 0.1) is 28.9 Å². The average Bonchev–Trinajstić information content (AvgIpc) is 2.90. The number of imide groups is 1. The first-order valence-corrected chi connectivity index (χ1v) is 8.91. The SMILES string of the molecule is COC(=O)c1cccc(NC2=C(Cl)C(=O)N(c3cc(C(F)(F)F)ccc3Cl)C2=O)c1. The Kier molecular flexibility index (Phi) is 5.78.